The monoisotopic (exact) mass is 378 g/mol. The third kappa shape index (κ3) is 4.61. The molecule has 0 saturated heterocycles. The predicted octanol–water partition coefficient (Wildman–Crippen LogP) is 4.29. The van der Waals surface area contributed by atoms with Crippen molar-refractivity contribution in [1.29, 1.82) is 0 Å². The van der Waals surface area contributed by atoms with E-state index in [1.54, 1.807) is 11.9 Å². The average molecular weight is 379 g/mol. The van der Waals surface area contributed by atoms with Crippen LogP contribution >= 0.6 is 15.9 Å². The largest absolute Gasteiger partial charge is 0.492 e. The zero-order chi connectivity index (χ0) is 17.0. The Morgan fingerprint density at radius 1 is 1.35 bits per heavy atom. The van der Waals surface area contributed by atoms with Crippen LogP contribution in [0.15, 0.2) is 41.0 Å². The van der Waals surface area contributed by atoms with Crippen LogP contribution in [0.3, 0.4) is 0 Å². The molecule has 1 heterocycles. The van der Waals surface area contributed by atoms with E-state index in [9.17, 15) is 4.79 Å². The first kappa shape index (κ1) is 17.6. The van der Waals surface area contributed by atoms with E-state index in [2.05, 4.69) is 29.8 Å². The molecule has 0 aliphatic carbocycles. The van der Waals surface area contributed by atoms with E-state index in [0.717, 1.165) is 15.8 Å². The average Bonchev–Trinajstić information content (AvgIpc) is 2.88. The van der Waals surface area contributed by atoms with Crippen molar-refractivity contribution in [1.82, 2.24) is 9.47 Å². The van der Waals surface area contributed by atoms with Crippen LogP contribution in [0.2, 0.25) is 0 Å². The Hall–Kier alpha value is -1.75. The van der Waals surface area contributed by atoms with Crippen molar-refractivity contribution in [2.45, 2.75) is 26.8 Å². The number of carbonyl (C=O) groups is 1. The fraction of sp³-hybridized carbons (Fsp3) is 0.389. The van der Waals surface area contributed by atoms with Gasteiger partial charge in [-0.2, -0.15) is 0 Å². The summed E-state index contributed by atoms with van der Waals surface area (Å²) in [6, 6.07) is 10.0. The number of hydrogen-bond donors (Lipinski definition) is 0. The lowest BCUT2D eigenvalue weighted by molar-refractivity contribution is 0.0761. The van der Waals surface area contributed by atoms with Crippen LogP contribution in [-0.2, 0) is 0 Å². The van der Waals surface area contributed by atoms with Crippen molar-refractivity contribution < 1.29 is 9.53 Å². The number of likely N-dealkylation sites (N-methyl/N-ethyl adjacent to an activating group) is 1. The normalized spacial score (nSPS) is 10.9. The Morgan fingerprint density at radius 2 is 2.09 bits per heavy atom. The maximum absolute atomic E-state index is 12.6. The van der Waals surface area contributed by atoms with Crippen LogP contribution in [-0.4, -0.2) is 35.6 Å². The summed E-state index contributed by atoms with van der Waals surface area (Å²) in [4.78, 5) is 14.3. The molecule has 0 unspecified atom stereocenters. The first-order chi connectivity index (χ1) is 10.9. The van der Waals surface area contributed by atoms with E-state index in [4.69, 9.17) is 4.74 Å². The molecule has 0 bridgehead atoms. The molecule has 0 fully saturated rings. The van der Waals surface area contributed by atoms with Gasteiger partial charge in [0, 0.05) is 23.8 Å². The SMILES string of the molecule is Cc1cccc(OCCN(C)C(=O)c2cc(Br)cn2C(C)C)c1. The number of nitrogens with zero attached hydrogens (tertiary/aromatic N) is 2. The second-order valence-electron chi connectivity index (χ2n) is 5.94. The molecule has 0 saturated carbocycles. The molecule has 1 aromatic heterocycles. The summed E-state index contributed by atoms with van der Waals surface area (Å²) >= 11 is 3.44. The first-order valence-corrected chi connectivity index (χ1v) is 8.50. The summed E-state index contributed by atoms with van der Waals surface area (Å²) in [5.74, 6) is 0.830. The number of aryl methyl sites for hydroxylation is 1. The number of ether oxygens (including phenoxy) is 1. The van der Waals surface area contributed by atoms with Gasteiger partial charge in [-0.05, 0) is 60.5 Å². The number of carbonyl (C=O) groups excluding carboxylic acids is 1. The maximum atomic E-state index is 12.6. The van der Waals surface area contributed by atoms with Gasteiger partial charge in [0.05, 0.1) is 6.54 Å². The highest BCUT2D eigenvalue weighted by molar-refractivity contribution is 9.10. The van der Waals surface area contributed by atoms with Crippen molar-refractivity contribution in [3.05, 3.63) is 52.3 Å². The smallest absolute Gasteiger partial charge is 0.270 e. The number of benzene rings is 1. The van der Waals surface area contributed by atoms with E-state index in [1.165, 1.54) is 0 Å². The van der Waals surface area contributed by atoms with Gasteiger partial charge in [-0.15, -0.1) is 0 Å². The van der Waals surface area contributed by atoms with Gasteiger partial charge in [-0.25, -0.2) is 0 Å². The summed E-state index contributed by atoms with van der Waals surface area (Å²) in [6.45, 7) is 7.15. The third-order valence-corrected chi connectivity index (χ3v) is 4.06. The second kappa shape index (κ2) is 7.68. The molecule has 1 amide bonds. The molecule has 0 radical (unpaired) electrons. The summed E-state index contributed by atoms with van der Waals surface area (Å²) in [6.07, 6.45) is 1.94. The molecule has 0 atom stereocenters. The first-order valence-electron chi connectivity index (χ1n) is 7.71. The Bertz CT molecular complexity index is 679. The van der Waals surface area contributed by atoms with Crippen LogP contribution < -0.4 is 4.74 Å². The number of aromatic nitrogens is 1. The van der Waals surface area contributed by atoms with E-state index < -0.39 is 0 Å². The number of hydrogen-bond acceptors (Lipinski definition) is 2. The fourth-order valence-corrected chi connectivity index (χ4v) is 2.78. The molecule has 0 N–H and O–H groups in total. The van der Waals surface area contributed by atoms with E-state index >= 15 is 0 Å². The zero-order valence-electron chi connectivity index (χ0n) is 14.0. The third-order valence-electron chi connectivity index (χ3n) is 3.62. The lowest BCUT2D eigenvalue weighted by Gasteiger charge is -2.20. The lowest BCUT2D eigenvalue weighted by Crippen LogP contribution is -2.32. The summed E-state index contributed by atoms with van der Waals surface area (Å²) < 4.78 is 8.61. The molecule has 5 heteroatoms. The fourth-order valence-electron chi connectivity index (χ4n) is 2.35. The molecule has 0 aliphatic heterocycles. The molecule has 1 aromatic carbocycles. The Kier molecular flexibility index (Phi) is 5.88. The van der Waals surface area contributed by atoms with Crippen LogP contribution in [0.25, 0.3) is 0 Å². The van der Waals surface area contributed by atoms with Gasteiger partial charge >= 0.3 is 0 Å². The molecule has 4 nitrogen and oxygen atoms in total. The topological polar surface area (TPSA) is 34.5 Å². The van der Waals surface area contributed by atoms with Gasteiger partial charge in [0.25, 0.3) is 5.91 Å². The highest BCUT2D eigenvalue weighted by Crippen LogP contribution is 2.20. The van der Waals surface area contributed by atoms with Gasteiger partial charge in [-0.3, -0.25) is 4.79 Å². The minimum Gasteiger partial charge on any atom is -0.492 e. The minimum absolute atomic E-state index is 0.00255. The molecular weight excluding hydrogens is 356 g/mol. The quantitative estimate of drug-likeness (QED) is 0.751. The van der Waals surface area contributed by atoms with Crippen molar-refractivity contribution in [2.24, 2.45) is 0 Å². The predicted molar refractivity (Wildman–Crippen MR) is 96.2 cm³/mol. The summed E-state index contributed by atoms with van der Waals surface area (Å²) in [5, 5.41) is 0. The second-order valence-corrected chi connectivity index (χ2v) is 6.85. The number of rotatable bonds is 6. The maximum Gasteiger partial charge on any atom is 0.270 e. The van der Waals surface area contributed by atoms with Crippen LogP contribution in [0.5, 0.6) is 5.75 Å². The van der Waals surface area contributed by atoms with Gasteiger partial charge in [0.1, 0.15) is 18.1 Å². The van der Waals surface area contributed by atoms with E-state index in [0.29, 0.717) is 18.8 Å². The van der Waals surface area contributed by atoms with Crippen molar-refractivity contribution in [3.8, 4) is 5.75 Å². The van der Waals surface area contributed by atoms with Gasteiger partial charge < -0.3 is 14.2 Å². The van der Waals surface area contributed by atoms with Crippen molar-refractivity contribution >= 4 is 21.8 Å². The van der Waals surface area contributed by atoms with E-state index in [1.807, 2.05) is 48.0 Å². The summed E-state index contributed by atoms with van der Waals surface area (Å²) in [7, 11) is 1.80. The summed E-state index contributed by atoms with van der Waals surface area (Å²) in [5.41, 5.74) is 1.84. The van der Waals surface area contributed by atoms with Gasteiger partial charge in [0.2, 0.25) is 0 Å². The highest BCUT2D eigenvalue weighted by atomic mass is 79.9. The molecule has 0 spiro atoms. The van der Waals surface area contributed by atoms with Crippen LogP contribution in [0, 0.1) is 6.92 Å². The molecule has 2 rings (SSSR count). The Balaban J connectivity index is 1.95. The highest BCUT2D eigenvalue weighted by Gasteiger charge is 2.18. The zero-order valence-corrected chi connectivity index (χ0v) is 15.6. The minimum atomic E-state index is -0.00255. The van der Waals surface area contributed by atoms with Gasteiger partial charge in [-0.1, -0.05) is 12.1 Å². The van der Waals surface area contributed by atoms with Gasteiger partial charge in [0.15, 0.2) is 0 Å². The number of halogens is 1. The molecule has 124 valence electrons. The standard InChI is InChI=1S/C18H23BrN2O2/c1-13(2)21-12-15(19)11-17(21)18(22)20(4)8-9-23-16-7-5-6-14(3)10-16/h5-7,10-13H,8-9H2,1-4H3. The molecular formula is C18H23BrN2O2. The van der Waals surface area contributed by atoms with Crippen molar-refractivity contribution in [3.63, 3.8) is 0 Å². The Labute approximate surface area is 146 Å². The molecule has 0 aliphatic rings. The molecule has 23 heavy (non-hydrogen) atoms. The number of amides is 1. The van der Waals surface area contributed by atoms with E-state index in [-0.39, 0.29) is 11.9 Å². The van der Waals surface area contributed by atoms with Crippen LogP contribution in [0.1, 0.15) is 35.9 Å². The Morgan fingerprint density at radius 3 is 2.74 bits per heavy atom. The van der Waals surface area contributed by atoms with Crippen molar-refractivity contribution in [2.75, 3.05) is 20.2 Å². The molecule has 2 aromatic rings. The lowest BCUT2D eigenvalue weighted by atomic mass is 10.2. The van der Waals surface area contributed by atoms with Crippen LogP contribution in [0.4, 0.5) is 0 Å².